The lowest BCUT2D eigenvalue weighted by atomic mass is 10.2. The molecule has 134 valence electrons. The van der Waals surface area contributed by atoms with E-state index in [1.54, 1.807) is 36.4 Å². The Morgan fingerprint density at radius 2 is 1.80 bits per heavy atom. The van der Waals surface area contributed by atoms with Crippen LogP contribution in [0.25, 0.3) is 0 Å². The molecule has 25 heavy (non-hydrogen) atoms. The van der Waals surface area contributed by atoms with Gasteiger partial charge in [0.05, 0.1) is 0 Å². The van der Waals surface area contributed by atoms with Gasteiger partial charge in [-0.1, -0.05) is 66.8 Å². The maximum Gasteiger partial charge on any atom is 0.254 e. The first kappa shape index (κ1) is 19.8. The minimum atomic E-state index is -1.89. The Kier molecular flexibility index (Phi) is 6.49. The van der Waals surface area contributed by atoms with Crippen molar-refractivity contribution in [1.82, 2.24) is 15.3 Å². The lowest BCUT2D eigenvalue weighted by Gasteiger charge is -2.26. The number of ether oxygens (including phenoxy) is 1. The molecule has 0 bridgehead atoms. The third-order valence-corrected chi connectivity index (χ3v) is 3.79. The number of rotatable bonds is 5. The zero-order chi connectivity index (χ0) is 18.6. The summed E-state index contributed by atoms with van der Waals surface area (Å²) in [4.78, 5) is 21.0. The second-order valence-corrected chi connectivity index (χ2v) is 8.11. The Labute approximate surface area is 161 Å². The van der Waals surface area contributed by atoms with Crippen LogP contribution in [0.15, 0.2) is 36.4 Å². The van der Waals surface area contributed by atoms with Crippen molar-refractivity contribution in [1.29, 1.82) is 0 Å². The zero-order valence-corrected chi connectivity index (χ0v) is 16.2. The predicted octanol–water partition coefficient (Wildman–Crippen LogP) is 4.41. The summed E-state index contributed by atoms with van der Waals surface area (Å²) in [5.41, 5.74) is 1.14. The lowest BCUT2D eigenvalue weighted by Crippen LogP contribution is -2.48. The monoisotopic (exact) mass is 401 g/mol. The molecule has 1 amide bonds. The number of carbonyl (C=O) groups is 1. The Morgan fingerprint density at radius 1 is 1.16 bits per heavy atom. The van der Waals surface area contributed by atoms with Gasteiger partial charge in [0.15, 0.2) is 0 Å². The summed E-state index contributed by atoms with van der Waals surface area (Å²) in [6, 6.07) is 10.2. The maximum absolute atomic E-state index is 12.3. The van der Waals surface area contributed by atoms with E-state index < -0.39 is 15.9 Å². The van der Waals surface area contributed by atoms with Crippen molar-refractivity contribution in [3.8, 4) is 5.88 Å². The van der Waals surface area contributed by atoms with Crippen molar-refractivity contribution in [2.45, 2.75) is 36.7 Å². The molecule has 2 rings (SSSR count). The first-order chi connectivity index (χ1) is 11.7. The van der Waals surface area contributed by atoms with Crippen molar-refractivity contribution in [3.63, 3.8) is 0 Å². The number of benzene rings is 1. The molecule has 0 saturated heterocycles. The summed E-state index contributed by atoms with van der Waals surface area (Å²) in [5, 5.41) is 2.57. The first-order valence-electron chi connectivity index (χ1n) is 7.61. The summed E-state index contributed by atoms with van der Waals surface area (Å²) < 4.78 is 3.78. The van der Waals surface area contributed by atoms with Gasteiger partial charge in [-0.15, -0.1) is 0 Å². The van der Waals surface area contributed by atoms with Crippen LogP contribution in [0.3, 0.4) is 0 Å². The van der Waals surface area contributed by atoms with E-state index in [9.17, 15) is 4.79 Å². The number of hydrogen-bond donors (Lipinski definition) is 1. The van der Waals surface area contributed by atoms with Crippen molar-refractivity contribution in [2.75, 3.05) is 0 Å². The SMILES string of the molecule is Cc1cc(O[C@H](NC(=O)c2ccccc2)C(Cl)(Cl)Cl)nc(C(C)C)n1. The Hall–Kier alpha value is -1.56. The van der Waals surface area contributed by atoms with Gasteiger partial charge in [-0.3, -0.25) is 4.79 Å². The van der Waals surface area contributed by atoms with Gasteiger partial charge < -0.3 is 10.1 Å². The van der Waals surface area contributed by atoms with Gasteiger partial charge in [0, 0.05) is 23.2 Å². The Balaban J connectivity index is 2.23. The van der Waals surface area contributed by atoms with Gasteiger partial charge in [-0.25, -0.2) is 4.98 Å². The fraction of sp³-hybridized carbons (Fsp3) is 0.353. The standard InChI is InChI=1S/C17H18Cl3N3O2/c1-10(2)14-21-11(3)9-13(22-14)25-16(17(18,19)20)23-15(24)12-7-5-4-6-8-12/h4-10,16H,1-3H3,(H,23,24)/t16-/m0/s1. The highest BCUT2D eigenvalue weighted by Gasteiger charge is 2.37. The van der Waals surface area contributed by atoms with Crippen LogP contribution in [-0.2, 0) is 0 Å². The molecule has 0 aliphatic heterocycles. The second-order valence-electron chi connectivity index (χ2n) is 5.74. The van der Waals surface area contributed by atoms with Gasteiger partial charge in [0.1, 0.15) is 5.82 Å². The number of aryl methyl sites for hydroxylation is 1. The molecule has 0 spiro atoms. The van der Waals surface area contributed by atoms with E-state index in [1.807, 2.05) is 20.8 Å². The molecular formula is C17H18Cl3N3O2. The van der Waals surface area contributed by atoms with Gasteiger partial charge in [-0.2, -0.15) is 4.98 Å². The molecule has 2 aromatic rings. The van der Waals surface area contributed by atoms with E-state index in [0.717, 1.165) is 0 Å². The van der Waals surface area contributed by atoms with Crippen LogP contribution in [-0.4, -0.2) is 25.9 Å². The second kappa shape index (κ2) is 8.21. The number of alkyl halides is 3. The molecule has 0 aliphatic carbocycles. The summed E-state index contributed by atoms with van der Waals surface area (Å²) in [6.45, 7) is 5.73. The van der Waals surface area contributed by atoms with Crippen LogP contribution in [0.1, 0.15) is 41.6 Å². The number of carbonyl (C=O) groups excluding carboxylic acids is 1. The molecule has 0 saturated carbocycles. The molecule has 0 radical (unpaired) electrons. The van der Waals surface area contributed by atoms with Crippen LogP contribution < -0.4 is 10.1 Å². The van der Waals surface area contributed by atoms with Crippen molar-refractivity contribution in [2.24, 2.45) is 0 Å². The number of nitrogens with one attached hydrogen (secondary N) is 1. The number of amides is 1. The molecule has 5 nitrogen and oxygen atoms in total. The van der Waals surface area contributed by atoms with Crippen LogP contribution in [0.4, 0.5) is 0 Å². The topological polar surface area (TPSA) is 64.1 Å². The number of hydrogen-bond acceptors (Lipinski definition) is 4. The van der Waals surface area contributed by atoms with E-state index in [4.69, 9.17) is 39.5 Å². The molecule has 1 atom stereocenters. The first-order valence-corrected chi connectivity index (χ1v) is 8.75. The highest BCUT2D eigenvalue weighted by atomic mass is 35.6. The fourth-order valence-electron chi connectivity index (χ4n) is 1.97. The van der Waals surface area contributed by atoms with Crippen LogP contribution in [0, 0.1) is 6.92 Å². The van der Waals surface area contributed by atoms with E-state index in [2.05, 4.69) is 15.3 Å². The smallest absolute Gasteiger partial charge is 0.254 e. The third kappa shape index (κ3) is 5.73. The highest BCUT2D eigenvalue weighted by molar-refractivity contribution is 6.68. The molecule has 0 unspecified atom stereocenters. The summed E-state index contributed by atoms with van der Waals surface area (Å²) in [7, 11) is 0. The van der Waals surface area contributed by atoms with E-state index in [-0.39, 0.29) is 11.8 Å². The molecule has 1 aromatic carbocycles. The quantitative estimate of drug-likeness (QED) is 0.594. The van der Waals surface area contributed by atoms with Crippen LogP contribution in [0.2, 0.25) is 0 Å². The summed E-state index contributed by atoms with van der Waals surface area (Å²) in [5.74, 6) is 0.507. The molecular weight excluding hydrogens is 385 g/mol. The lowest BCUT2D eigenvalue weighted by molar-refractivity contribution is 0.0825. The van der Waals surface area contributed by atoms with Gasteiger partial charge in [-0.05, 0) is 19.1 Å². The average molecular weight is 403 g/mol. The fourth-order valence-corrected chi connectivity index (χ4v) is 2.27. The minimum Gasteiger partial charge on any atom is -0.449 e. The zero-order valence-electron chi connectivity index (χ0n) is 14.0. The Bertz CT molecular complexity index is 734. The van der Waals surface area contributed by atoms with E-state index in [0.29, 0.717) is 17.1 Å². The van der Waals surface area contributed by atoms with Gasteiger partial charge in [0.25, 0.3) is 5.91 Å². The molecule has 1 aromatic heterocycles. The van der Waals surface area contributed by atoms with Crippen LogP contribution >= 0.6 is 34.8 Å². The van der Waals surface area contributed by atoms with Crippen molar-refractivity contribution < 1.29 is 9.53 Å². The summed E-state index contributed by atoms with van der Waals surface area (Å²) in [6.07, 6.45) is -1.22. The van der Waals surface area contributed by atoms with Crippen molar-refractivity contribution in [3.05, 3.63) is 53.5 Å². The molecule has 0 fully saturated rings. The highest BCUT2D eigenvalue weighted by Crippen LogP contribution is 2.32. The predicted molar refractivity (Wildman–Crippen MR) is 99.5 cm³/mol. The Morgan fingerprint density at radius 3 is 2.36 bits per heavy atom. The minimum absolute atomic E-state index is 0.104. The number of aromatic nitrogens is 2. The number of nitrogens with zero attached hydrogens (tertiary/aromatic N) is 2. The normalized spacial score (nSPS) is 12.8. The maximum atomic E-state index is 12.3. The van der Waals surface area contributed by atoms with Gasteiger partial charge in [0.2, 0.25) is 15.9 Å². The molecule has 1 N–H and O–H groups in total. The summed E-state index contributed by atoms with van der Waals surface area (Å²) >= 11 is 17.9. The molecule has 0 aliphatic rings. The van der Waals surface area contributed by atoms with E-state index in [1.165, 1.54) is 0 Å². The third-order valence-electron chi connectivity index (χ3n) is 3.20. The number of halogens is 3. The van der Waals surface area contributed by atoms with Gasteiger partial charge >= 0.3 is 0 Å². The largest absolute Gasteiger partial charge is 0.449 e. The van der Waals surface area contributed by atoms with Crippen molar-refractivity contribution >= 4 is 40.7 Å². The van der Waals surface area contributed by atoms with Crippen LogP contribution in [0.5, 0.6) is 5.88 Å². The molecule has 1 heterocycles. The average Bonchev–Trinajstić information content (AvgIpc) is 2.53. The van der Waals surface area contributed by atoms with E-state index >= 15 is 0 Å². The molecule has 8 heteroatoms.